The molecule has 0 aromatic heterocycles. The smallest absolute Gasteiger partial charge is 0.226 e. The number of carbonyl (C=O) groups is 1. The van der Waals surface area contributed by atoms with Crippen LogP contribution in [-0.4, -0.2) is 19.1 Å². The number of carbonyl (C=O) groups excluding carboxylic acids is 1. The number of hydrogen-bond acceptors (Lipinski definition) is 3. The molecule has 25 heavy (non-hydrogen) atoms. The van der Waals surface area contributed by atoms with Gasteiger partial charge in [0.05, 0.1) is 6.61 Å². The largest absolute Gasteiger partial charge is 0.494 e. The summed E-state index contributed by atoms with van der Waals surface area (Å²) in [5.74, 6) is 0.861. The third kappa shape index (κ3) is 5.82. The van der Waals surface area contributed by atoms with Gasteiger partial charge in [0, 0.05) is 24.3 Å². The second-order valence-electron chi connectivity index (χ2n) is 6.98. The number of nitrogens with one attached hydrogen (secondary N) is 2. The number of benzene rings is 2. The van der Waals surface area contributed by atoms with E-state index in [-0.39, 0.29) is 11.3 Å². The molecule has 0 aliphatic heterocycles. The van der Waals surface area contributed by atoms with Gasteiger partial charge in [-0.15, -0.1) is 0 Å². The zero-order valence-corrected chi connectivity index (χ0v) is 15.6. The van der Waals surface area contributed by atoms with E-state index >= 15 is 0 Å². The van der Waals surface area contributed by atoms with Gasteiger partial charge in [0.1, 0.15) is 5.75 Å². The Balaban J connectivity index is 1.85. The summed E-state index contributed by atoms with van der Waals surface area (Å²) in [6, 6.07) is 15.7. The van der Waals surface area contributed by atoms with Crippen LogP contribution in [0.25, 0.3) is 0 Å². The van der Waals surface area contributed by atoms with Crippen molar-refractivity contribution in [2.24, 2.45) is 0 Å². The Hall–Kier alpha value is -2.49. The summed E-state index contributed by atoms with van der Waals surface area (Å²) in [4.78, 5) is 12.3. The molecule has 0 unspecified atom stereocenters. The molecule has 2 rings (SSSR count). The fourth-order valence-electron chi connectivity index (χ4n) is 2.61. The van der Waals surface area contributed by atoms with Crippen LogP contribution in [0.15, 0.2) is 48.5 Å². The molecule has 0 atom stereocenters. The van der Waals surface area contributed by atoms with E-state index in [1.807, 2.05) is 49.4 Å². The van der Waals surface area contributed by atoms with Gasteiger partial charge >= 0.3 is 0 Å². The lowest BCUT2D eigenvalue weighted by Gasteiger charge is -2.23. The molecule has 0 spiro atoms. The molecule has 0 aliphatic rings. The van der Waals surface area contributed by atoms with E-state index in [0.29, 0.717) is 19.6 Å². The third-order valence-electron chi connectivity index (χ3n) is 3.86. The van der Waals surface area contributed by atoms with Crippen LogP contribution in [0.2, 0.25) is 0 Å². The molecule has 2 aromatic rings. The zero-order valence-electron chi connectivity index (χ0n) is 15.6. The summed E-state index contributed by atoms with van der Waals surface area (Å²) in [6.45, 7) is 9.63. The van der Waals surface area contributed by atoms with Gasteiger partial charge in [-0.05, 0) is 48.2 Å². The fourth-order valence-corrected chi connectivity index (χ4v) is 2.61. The number of ether oxygens (including phenoxy) is 1. The van der Waals surface area contributed by atoms with Crippen molar-refractivity contribution in [1.29, 1.82) is 0 Å². The van der Waals surface area contributed by atoms with Crippen LogP contribution in [-0.2, 0) is 10.2 Å². The molecule has 0 saturated heterocycles. The quantitative estimate of drug-likeness (QED) is 0.759. The van der Waals surface area contributed by atoms with Gasteiger partial charge in [-0.25, -0.2) is 0 Å². The third-order valence-corrected chi connectivity index (χ3v) is 3.86. The minimum atomic E-state index is -0.00949. The Labute approximate surface area is 150 Å². The molecule has 2 N–H and O–H groups in total. The van der Waals surface area contributed by atoms with E-state index in [1.165, 1.54) is 0 Å². The first kappa shape index (κ1) is 18.8. The van der Waals surface area contributed by atoms with E-state index in [9.17, 15) is 4.79 Å². The van der Waals surface area contributed by atoms with E-state index in [4.69, 9.17) is 4.74 Å². The number of rotatable bonds is 7. The Morgan fingerprint density at radius 3 is 2.36 bits per heavy atom. The van der Waals surface area contributed by atoms with Crippen LogP contribution in [0.5, 0.6) is 5.75 Å². The van der Waals surface area contributed by atoms with Crippen molar-refractivity contribution >= 4 is 17.3 Å². The zero-order chi connectivity index (χ0) is 18.3. The first-order chi connectivity index (χ1) is 11.9. The van der Waals surface area contributed by atoms with Crippen LogP contribution in [0, 0.1) is 0 Å². The van der Waals surface area contributed by atoms with Crippen molar-refractivity contribution in [3.63, 3.8) is 0 Å². The molecular weight excluding hydrogens is 312 g/mol. The molecule has 0 bridgehead atoms. The van der Waals surface area contributed by atoms with Crippen molar-refractivity contribution in [2.45, 2.75) is 39.5 Å². The van der Waals surface area contributed by atoms with Gasteiger partial charge in [-0.1, -0.05) is 39.0 Å². The van der Waals surface area contributed by atoms with Gasteiger partial charge in [-0.3, -0.25) is 4.79 Å². The van der Waals surface area contributed by atoms with Gasteiger partial charge in [0.25, 0.3) is 0 Å². The summed E-state index contributed by atoms with van der Waals surface area (Å²) in [6.07, 6.45) is 0.408. The molecule has 4 heteroatoms. The Morgan fingerprint density at radius 1 is 1.04 bits per heavy atom. The monoisotopic (exact) mass is 340 g/mol. The van der Waals surface area contributed by atoms with Crippen LogP contribution in [0.1, 0.15) is 39.7 Å². The minimum absolute atomic E-state index is 0.00939. The van der Waals surface area contributed by atoms with Crippen molar-refractivity contribution in [3.05, 3.63) is 54.1 Å². The maximum atomic E-state index is 12.3. The van der Waals surface area contributed by atoms with Crippen molar-refractivity contribution in [3.8, 4) is 5.75 Å². The average molecular weight is 340 g/mol. The highest BCUT2D eigenvalue weighted by Gasteiger charge is 2.18. The van der Waals surface area contributed by atoms with Crippen molar-refractivity contribution < 1.29 is 9.53 Å². The Bertz CT molecular complexity index is 688. The minimum Gasteiger partial charge on any atom is -0.494 e. The molecule has 0 aliphatic carbocycles. The van der Waals surface area contributed by atoms with Gasteiger partial charge in [-0.2, -0.15) is 0 Å². The standard InChI is InChI=1S/C21H28N2O2/c1-5-25-17-12-10-16(11-13-17)22-15-14-20(24)23-19-9-7-6-8-18(19)21(2,3)4/h6-13,22H,5,14-15H2,1-4H3,(H,23,24). The maximum Gasteiger partial charge on any atom is 0.226 e. The molecular formula is C21H28N2O2. The van der Waals surface area contributed by atoms with Gasteiger partial charge in [0.15, 0.2) is 0 Å². The number of para-hydroxylation sites is 1. The molecule has 0 heterocycles. The molecule has 0 fully saturated rings. The number of anilines is 2. The highest BCUT2D eigenvalue weighted by Crippen LogP contribution is 2.29. The second-order valence-corrected chi connectivity index (χ2v) is 6.98. The predicted molar refractivity (Wildman–Crippen MR) is 104 cm³/mol. The van der Waals surface area contributed by atoms with E-state index in [1.54, 1.807) is 0 Å². The first-order valence-corrected chi connectivity index (χ1v) is 8.76. The van der Waals surface area contributed by atoms with E-state index < -0.39 is 0 Å². The highest BCUT2D eigenvalue weighted by molar-refractivity contribution is 5.92. The number of amides is 1. The molecule has 0 saturated carbocycles. The summed E-state index contributed by atoms with van der Waals surface area (Å²) >= 11 is 0. The topological polar surface area (TPSA) is 50.4 Å². The second kappa shape index (κ2) is 8.56. The Morgan fingerprint density at radius 2 is 1.72 bits per heavy atom. The SMILES string of the molecule is CCOc1ccc(NCCC(=O)Nc2ccccc2C(C)(C)C)cc1. The van der Waals surface area contributed by atoms with Gasteiger partial charge in [0.2, 0.25) is 5.91 Å². The lowest BCUT2D eigenvalue weighted by molar-refractivity contribution is -0.115. The molecule has 134 valence electrons. The molecule has 1 amide bonds. The van der Waals surface area contributed by atoms with Crippen LogP contribution in [0.3, 0.4) is 0 Å². The van der Waals surface area contributed by atoms with Crippen molar-refractivity contribution in [2.75, 3.05) is 23.8 Å². The first-order valence-electron chi connectivity index (χ1n) is 8.76. The van der Waals surface area contributed by atoms with Gasteiger partial charge < -0.3 is 15.4 Å². The van der Waals surface area contributed by atoms with Crippen LogP contribution < -0.4 is 15.4 Å². The average Bonchev–Trinajstić information content (AvgIpc) is 2.56. The highest BCUT2D eigenvalue weighted by atomic mass is 16.5. The summed E-state index contributed by atoms with van der Waals surface area (Å²) in [5.41, 5.74) is 3.00. The van der Waals surface area contributed by atoms with Crippen LogP contribution in [0.4, 0.5) is 11.4 Å². The molecule has 4 nitrogen and oxygen atoms in total. The predicted octanol–water partition coefficient (Wildman–Crippen LogP) is 4.82. The summed E-state index contributed by atoms with van der Waals surface area (Å²) in [7, 11) is 0. The Kier molecular flexibility index (Phi) is 6.45. The van der Waals surface area contributed by atoms with E-state index in [2.05, 4.69) is 37.5 Å². The van der Waals surface area contributed by atoms with Crippen molar-refractivity contribution in [1.82, 2.24) is 0 Å². The van der Waals surface area contributed by atoms with Crippen LogP contribution >= 0.6 is 0 Å². The molecule has 0 radical (unpaired) electrons. The normalized spacial score (nSPS) is 11.0. The van der Waals surface area contributed by atoms with E-state index in [0.717, 1.165) is 22.7 Å². The summed E-state index contributed by atoms with van der Waals surface area (Å²) < 4.78 is 5.42. The fraction of sp³-hybridized carbons (Fsp3) is 0.381. The summed E-state index contributed by atoms with van der Waals surface area (Å²) in [5, 5.41) is 6.29. The molecule has 2 aromatic carbocycles. The maximum absolute atomic E-state index is 12.3. The lowest BCUT2D eigenvalue weighted by atomic mass is 9.86. The number of hydrogen-bond donors (Lipinski definition) is 2. The lowest BCUT2D eigenvalue weighted by Crippen LogP contribution is -2.20.